The summed E-state index contributed by atoms with van der Waals surface area (Å²) in [6.45, 7) is 2.96. The SMILES string of the molecule is FC(F)(F)C1=c2cc3c4c(c2Oc2c1cc1c5c2CCCN5C(C2[CH+]CCC2)CC1)CCC[N+]=4CCC3. The van der Waals surface area contributed by atoms with E-state index < -0.39 is 11.7 Å². The third-order valence-corrected chi connectivity index (χ3v) is 9.85. The molecule has 3 nitrogen and oxygen atoms in total. The second kappa shape index (κ2) is 7.94. The molecule has 0 radical (unpaired) electrons. The van der Waals surface area contributed by atoms with Crippen molar-refractivity contribution in [2.75, 3.05) is 24.5 Å². The summed E-state index contributed by atoms with van der Waals surface area (Å²) in [5.74, 6) is 1.56. The van der Waals surface area contributed by atoms with Crippen LogP contribution in [0.15, 0.2) is 12.1 Å². The zero-order valence-electron chi connectivity index (χ0n) is 21.2. The van der Waals surface area contributed by atoms with Crippen LogP contribution < -0.4 is 24.8 Å². The van der Waals surface area contributed by atoms with Crippen LogP contribution in [-0.4, -0.2) is 31.9 Å². The molecule has 0 bridgehead atoms. The van der Waals surface area contributed by atoms with E-state index in [-0.39, 0.29) is 10.8 Å². The summed E-state index contributed by atoms with van der Waals surface area (Å²) in [6, 6.07) is 4.14. The highest BCUT2D eigenvalue weighted by molar-refractivity contribution is 5.84. The van der Waals surface area contributed by atoms with E-state index >= 15 is 0 Å². The van der Waals surface area contributed by atoms with E-state index in [1.807, 2.05) is 12.1 Å². The van der Waals surface area contributed by atoms with Gasteiger partial charge in [-0.05, 0) is 69.1 Å². The number of aryl methyl sites for hydroxylation is 2. The second-order valence-electron chi connectivity index (χ2n) is 11.9. The normalized spacial score (nSPS) is 25.5. The molecule has 5 heterocycles. The molecule has 0 saturated heterocycles. The van der Waals surface area contributed by atoms with Crippen molar-refractivity contribution in [2.45, 2.75) is 82.8 Å². The number of anilines is 1. The molecule has 1 aliphatic carbocycles. The lowest BCUT2D eigenvalue weighted by Crippen LogP contribution is -2.47. The summed E-state index contributed by atoms with van der Waals surface area (Å²) in [7, 11) is 0. The third-order valence-electron chi connectivity index (χ3n) is 9.85. The van der Waals surface area contributed by atoms with E-state index in [4.69, 9.17) is 4.74 Å². The first-order chi connectivity index (χ1) is 18.0. The van der Waals surface area contributed by atoms with Gasteiger partial charge in [-0.3, -0.25) is 0 Å². The van der Waals surface area contributed by atoms with Gasteiger partial charge in [-0.25, -0.2) is 4.58 Å². The molecule has 2 unspecified atom stereocenters. The minimum absolute atomic E-state index is 0.270. The van der Waals surface area contributed by atoms with Gasteiger partial charge in [-0.1, -0.05) is 0 Å². The zero-order valence-corrected chi connectivity index (χ0v) is 21.2. The van der Waals surface area contributed by atoms with Crippen molar-refractivity contribution in [1.29, 1.82) is 0 Å². The molecule has 0 amide bonds. The number of benzene rings is 2. The van der Waals surface area contributed by atoms with Gasteiger partial charge in [0.15, 0.2) is 0 Å². The van der Waals surface area contributed by atoms with Crippen LogP contribution in [0.1, 0.15) is 72.8 Å². The quantitative estimate of drug-likeness (QED) is 0.399. The molecule has 192 valence electrons. The van der Waals surface area contributed by atoms with Crippen LogP contribution in [0.2, 0.25) is 0 Å². The van der Waals surface area contributed by atoms with E-state index in [0.29, 0.717) is 23.5 Å². The number of fused-ring (bicyclic) bond motifs is 4. The third kappa shape index (κ3) is 3.20. The first-order valence-electron chi connectivity index (χ1n) is 14.3. The van der Waals surface area contributed by atoms with E-state index in [1.54, 1.807) is 0 Å². The molecule has 2 atom stereocenters. The number of halogens is 3. The van der Waals surface area contributed by atoms with Gasteiger partial charge in [0, 0.05) is 47.0 Å². The van der Waals surface area contributed by atoms with E-state index in [1.165, 1.54) is 24.9 Å². The van der Waals surface area contributed by atoms with Crippen LogP contribution in [0.4, 0.5) is 18.9 Å². The lowest BCUT2D eigenvalue weighted by Gasteiger charge is -2.44. The molecule has 0 aromatic heterocycles. The van der Waals surface area contributed by atoms with Gasteiger partial charge in [0.25, 0.3) is 0 Å². The average Bonchev–Trinajstić information content (AvgIpc) is 3.43. The molecular formula is C31H33F3N2O+2. The van der Waals surface area contributed by atoms with Gasteiger partial charge >= 0.3 is 6.18 Å². The molecule has 6 heteroatoms. The van der Waals surface area contributed by atoms with Crippen LogP contribution in [-0.2, 0) is 25.7 Å². The number of ether oxygens (including phenoxy) is 1. The monoisotopic (exact) mass is 506 g/mol. The topological polar surface area (TPSA) is 15.5 Å². The maximum Gasteiger partial charge on any atom is 0.417 e. The molecule has 37 heavy (non-hydrogen) atoms. The lowest BCUT2D eigenvalue weighted by atomic mass is 9.80. The number of hydrogen-bond donors (Lipinski definition) is 0. The summed E-state index contributed by atoms with van der Waals surface area (Å²) in [6.07, 6.45) is 8.95. The van der Waals surface area contributed by atoms with Crippen molar-refractivity contribution in [3.8, 4) is 11.5 Å². The van der Waals surface area contributed by atoms with Crippen molar-refractivity contribution in [1.82, 2.24) is 4.58 Å². The van der Waals surface area contributed by atoms with Crippen LogP contribution in [0.5, 0.6) is 11.5 Å². The first kappa shape index (κ1) is 22.4. The molecule has 5 aliphatic heterocycles. The standard InChI is InChI=1S/C31H33F3N2O/c32-31(33,34)26-23-16-19-8-3-13-35-14-4-9-21(27(19)35)29(23)37-30-22-10-5-15-36-25(18-6-1-2-7-18)12-11-20(28(22)36)17-24(26)30/h6,16-18,25H,1-5,7-15H2/q+2. The molecular weight excluding hydrogens is 473 g/mol. The molecule has 1 saturated carbocycles. The van der Waals surface area contributed by atoms with Gasteiger partial charge < -0.3 is 9.64 Å². The minimum atomic E-state index is -4.44. The first-order valence-corrected chi connectivity index (χ1v) is 14.3. The van der Waals surface area contributed by atoms with Crippen LogP contribution >= 0.6 is 0 Å². The maximum atomic E-state index is 15.0. The van der Waals surface area contributed by atoms with E-state index in [0.717, 1.165) is 98.6 Å². The Hall–Kier alpha value is -2.63. The summed E-state index contributed by atoms with van der Waals surface area (Å²) >= 11 is 0. The lowest BCUT2D eigenvalue weighted by molar-refractivity contribution is -0.0698. The molecule has 2 aromatic carbocycles. The molecule has 1 fully saturated rings. The summed E-state index contributed by atoms with van der Waals surface area (Å²) in [5, 5.41) is 1.43. The Morgan fingerprint density at radius 1 is 0.892 bits per heavy atom. The maximum absolute atomic E-state index is 15.0. The minimum Gasteiger partial charge on any atom is -0.455 e. The summed E-state index contributed by atoms with van der Waals surface area (Å²) < 4.78 is 54.0. The highest BCUT2D eigenvalue weighted by Gasteiger charge is 2.46. The Balaban J connectivity index is 1.39. The van der Waals surface area contributed by atoms with Crippen molar-refractivity contribution in [2.24, 2.45) is 5.92 Å². The zero-order chi connectivity index (χ0) is 24.9. The van der Waals surface area contributed by atoms with Gasteiger partial charge in [-0.2, -0.15) is 13.2 Å². The highest BCUT2D eigenvalue weighted by Crippen LogP contribution is 2.52. The van der Waals surface area contributed by atoms with Crippen molar-refractivity contribution in [3.63, 3.8) is 0 Å². The fourth-order valence-corrected chi connectivity index (χ4v) is 8.47. The summed E-state index contributed by atoms with van der Waals surface area (Å²) in [4.78, 5) is 2.55. The smallest absolute Gasteiger partial charge is 0.417 e. The van der Waals surface area contributed by atoms with E-state index in [9.17, 15) is 13.2 Å². The second-order valence-corrected chi connectivity index (χ2v) is 11.9. The predicted molar refractivity (Wildman–Crippen MR) is 138 cm³/mol. The van der Waals surface area contributed by atoms with Gasteiger partial charge in [0.2, 0.25) is 5.36 Å². The molecule has 0 N–H and O–H groups in total. The number of alkyl halides is 3. The Morgan fingerprint density at radius 3 is 2.54 bits per heavy atom. The fraction of sp³-hybridized carbons (Fsp3) is 0.548. The Kier molecular flexibility index (Phi) is 4.80. The van der Waals surface area contributed by atoms with Gasteiger partial charge in [0.1, 0.15) is 30.5 Å². The Bertz CT molecular complexity index is 1450. The number of nitrogens with zero attached hydrogens (tertiary/aromatic N) is 2. The van der Waals surface area contributed by atoms with Crippen LogP contribution in [0.25, 0.3) is 5.57 Å². The van der Waals surface area contributed by atoms with Crippen LogP contribution in [0.3, 0.4) is 0 Å². The number of rotatable bonds is 1. The molecule has 8 rings (SSSR count). The van der Waals surface area contributed by atoms with Crippen molar-refractivity contribution >= 4 is 11.3 Å². The Labute approximate surface area is 215 Å². The number of hydrogen-bond acceptors (Lipinski definition) is 2. The fourth-order valence-electron chi connectivity index (χ4n) is 8.47. The molecule has 2 aromatic rings. The van der Waals surface area contributed by atoms with Crippen LogP contribution in [0, 0.1) is 12.3 Å². The summed E-state index contributed by atoms with van der Waals surface area (Å²) in [5.41, 5.74) is 5.16. The van der Waals surface area contributed by atoms with Crippen molar-refractivity contribution in [3.05, 3.63) is 56.9 Å². The van der Waals surface area contributed by atoms with Gasteiger partial charge in [-0.15, -0.1) is 0 Å². The molecule has 6 aliphatic rings. The Morgan fingerprint density at radius 2 is 1.73 bits per heavy atom. The predicted octanol–water partition coefficient (Wildman–Crippen LogP) is 5.01. The van der Waals surface area contributed by atoms with E-state index in [2.05, 4.69) is 15.9 Å². The molecule has 0 spiro atoms. The van der Waals surface area contributed by atoms with Gasteiger partial charge in [0.05, 0.1) is 30.0 Å². The largest absolute Gasteiger partial charge is 0.455 e. The average molecular weight is 507 g/mol. The highest BCUT2D eigenvalue weighted by atomic mass is 19.4. The van der Waals surface area contributed by atoms with Crippen molar-refractivity contribution < 1.29 is 17.9 Å².